The maximum absolute atomic E-state index is 6.30. The van der Waals surface area contributed by atoms with E-state index in [0.717, 1.165) is 25.3 Å². The zero-order valence-corrected chi connectivity index (χ0v) is 12.2. The van der Waals surface area contributed by atoms with Crippen molar-refractivity contribution in [3.63, 3.8) is 0 Å². The number of hydrogen-bond acceptors (Lipinski definition) is 2. The van der Waals surface area contributed by atoms with Crippen molar-refractivity contribution in [2.45, 2.75) is 45.1 Å². The van der Waals surface area contributed by atoms with E-state index < -0.39 is 0 Å². The van der Waals surface area contributed by atoms with E-state index >= 15 is 0 Å². The highest BCUT2D eigenvalue weighted by molar-refractivity contribution is 5.14. The van der Waals surface area contributed by atoms with E-state index in [-0.39, 0.29) is 0 Å². The average Bonchev–Trinajstić information content (AvgIpc) is 2.46. The molecule has 2 nitrogen and oxygen atoms in total. The molecule has 1 fully saturated rings. The number of nitrogens with zero attached hydrogens (tertiary/aromatic N) is 1. The number of aryl methyl sites for hydroxylation is 1. The second-order valence-corrected chi connectivity index (χ2v) is 5.96. The fourth-order valence-electron chi connectivity index (χ4n) is 3.07. The predicted molar refractivity (Wildman–Crippen MR) is 82.2 cm³/mol. The first-order chi connectivity index (χ1) is 9.28. The molecule has 1 heterocycles. The van der Waals surface area contributed by atoms with Crippen LogP contribution in [0.1, 0.15) is 38.2 Å². The third kappa shape index (κ3) is 4.96. The Labute approximate surface area is 118 Å². The zero-order valence-electron chi connectivity index (χ0n) is 12.2. The summed E-state index contributed by atoms with van der Waals surface area (Å²) in [5, 5.41) is 0. The van der Waals surface area contributed by atoms with Gasteiger partial charge in [0.15, 0.2) is 0 Å². The summed E-state index contributed by atoms with van der Waals surface area (Å²) in [5.74, 6) is 0.898. The van der Waals surface area contributed by atoms with Crippen LogP contribution in [0.2, 0.25) is 0 Å². The molecule has 1 aromatic carbocycles. The van der Waals surface area contributed by atoms with Crippen LogP contribution >= 0.6 is 0 Å². The molecule has 0 saturated carbocycles. The molecule has 0 bridgehead atoms. The Kier molecular flexibility index (Phi) is 5.87. The van der Waals surface area contributed by atoms with Gasteiger partial charge in [0.05, 0.1) is 0 Å². The maximum atomic E-state index is 6.30. The number of nitrogens with two attached hydrogens (primary N) is 1. The van der Waals surface area contributed by atoms with Gasteiger partial charge in [-0.05, 0) is 43.7 Å². The van der Waals surface area contributed by atoms with Crippen LogP contribution in [0, 0.1) is 5.92 Å². The lowest BCUT2D eigenvalue weighted by Gasteiger charge is -2.33. The van der Waals surface area contributed by atoms with Gasteiger partial charge in [-0.1, -0.05) is 43.7 Å². The lowest BCUT2D eigenvalue weighted by molar-refractivity contribution is 0.161. The molecule has 0 spiro atoms. The minimum Gasteiger partial charge on any atom is -0.327 e. The minimum atomic E-state index is 0.316. The van der Waals surface area contributed by atoms with E-state index in [9.17, 15) is 0 Å². The van der Waals surface area contributed by atoms with E-state index in [0.29, 0.717) is 6.04 Å². The van der Waals surface area contributed by atoms with Crippen molar-refractivity contribution in [2.24, 2.45) is 11.7 Å². The molecule has 0 aliphatic carbocycles. The van der Waals surface area contributed by atoms with Crippen LogP contribution in [0.4, 0.5) is 0 Å². The van der Waals surface area contributed by atoms with Crippen LogP contribution < -0.4 is 5.73 Å². The fourth-order valence-corrected chi connectivity index (χ4v) is 3.07. The zero-order chi connectivity index (χ0) is 13.5. The van der Waals surface area contributed by atoms with Gasteiger partial charge in [-0.3, -0.25) is 0 Å². The third-order valence-corrected chi connectivity index (χ3v) is 4.32. The molecule has 1 aromatic rings. The Bertz CT molecular complexity index is 350. The molecule has 0 aromatic heterocycles. The Balaban J connectivity index is 1.70. The highest BCUT2D eigenvalue weighted by Gasteiger charge is 2.19. The maximum Gasteiger partial charge on any atom is 0.0170 e. The SMILES string of the molecule is CCC1CCCN(CC(N)CCc2ccccc2)C1. The first-order valence-corrected chi connectivity index (χ1v) is 7.79. The van der Waals surface area contributed by atoms with Crippen molar-refractivity contribution >= 4 is 0 Å². The summed E-state index contributed by atoms with van der Waals surface area (Å²) in [4.78, 5) is 2.58. The van der Waals surface area contributed by atoms with Crippen LogP contribution in [0.25, 0.3) is 0 Å². The van der Waals surface area contributed by atoms with Crippen molar-refractivity contribution in [1.29, 1.82) is 0 Å². The second kappa shape index (κ2) is 7.66. The van der Waals surface area contributed by atoms with Gasteiger partial charge in [0.1, 0.15) is 0 Å². The van der Waals surface area contributed by atoms with Gasteiger partial charge < -0.3 is 10.6 Å². The van der Waals surface area contributed by atoms with Gasteiger partial charge in [-0.15, -0.1) is 0 Å². The van der Waals surface area contributed by atoms with Crippen LogP contribution in [0.3, 0.4) is 0 Å². The predicted octanol–water partition coefficient (Wildman–Crippen LogP) is 3.07. The number of likely N-dealkylation sites (tertiary alicyclic amines) is 1. The van der Waals surface area contributed by atoms with Gasteiger partial charge in [-0.2, -0.15) is 0 Å². The molecule has 106 valence electrons. The summed E-state index contributed by atoms with van der Waals surface area (Å²) in [7, 11) is 0. The highest BCUT2D eigenvalue weighted by atomic mass is 15.1. The van der Waals surface area contributed by atoms with E-state index in [2.05, 4.69) is 42.2 Å². The molecular weight excluding hydrogens is 232 g/mol. The summed E-state index contributed by atoms with van der Waals surface area (Å²) in [6.45, 7) is 5.89. The van der Waals surface area contributed by atoms with Crippen molar-refractivity contribution < 1.29 is 0 Å². The molecule has 2 rings (SSSR count). The van der Waals surface area contributed by atoms with Gasteiger partial charge in [0.2, 0.25) is 0 Å². The fraction of sp³-hybridized carbons (Fsp3) is 0.647. The molecule has 2 heteroatoms. The molecule has 0 radical (unpaired) electrons. The van der Waals surface area contributed by atoms with Gasteiger partial charge in [-0.25, -0.2) is 0 Å². The van der Waals surface area contributed by atoms with Crippen molar-refractivity contribution in [3.05, 3.63) is 35.9 Å². The van der Waals surface area contributed by atoms with E-state index in [1.165, 1.54) is 37.9 Å². The first-order valence-electron chi connectivity index (χ1n) is 7.79. The number of hydrogen-bond donors (Lipinski definition) is 1. The number of rotatable bonds is 6. The van der Waals surface area contributed by atoms with Gasteiger partial charge in [0.25, 0.3) is 0 Å². The topological polar surface area (TPSA) is 29.3 Å². The smallest absolute Gasteiger partial charge is 0.0170 e. The summed E-state index contributed by atoms with van der Waals surface area (Å²) < 4.78 is 0. The Morgan fingerprint density at radius 2 is 2.11 bits per heavy atom. The minimum absolute atomic E-state index is 0.316. The lowest BCUT2D eigenvalue weighted by atomic mass is 9.95. The van der Waals surface area contributed by atoms with E-state index in [4.69, 9.17) is 5.73 Å². The van der Waals surface area contributed by atoms with Crippen molar-refractivity contribution in [2.75, 3.05) is 19.6 Å². The van der Waals surface area contributed by atoms with E-state index in [1.54, 1.807) is 0 Å². The molecule has 1 aliphatic heterocycles. The Hall–Kier alpha value is -0.860. The third-order valence-electron chi connectivity index (χ3n) is 4.32. The monoisotopic (exact) mass is 260 g/mol. The van der Waals surface area contributed by atoms with Crippen molar-refractivity contribution in [3.8, 4) is 0 Å². The number of piperidine rings is 1. The molecule has 2 atom stereocenters. The first kappa shape index (κ1) is 14.5. The molecule has 0 amide bonds. The molecule has 19 heavy (non-hydrogen) atoms. The molecule has 2 unspecified atom stereocenters. The molecule has 2 N–H and O–H groups in total. The van der Waals surface area contributed by atoms with Crippen LogP contribution in [-0.4, -0.2) is 30.6 Å². The van der Waals surface area contributed by atoms with Gasteiger partial charge in [0, 0.05) is 19.1 Å². The Morgan fingerprint density at radius 3 is 2.84 bits per heavy atom. The summed E-state index contributed by atoms with van der Waals surface area (Å²) in [5.41, 5.74) is 7.70. The van der Waals surface area contributed by atoms with Crippen molar-refractivity contribution in [1.82, 2.24) is 4.90 Å². The molecule has 1 aliphatic rings. The van der Waals surface area contributed by atoms with Crippen LogP contribution in [0.5, 0.6) is 0 Å². The Morgan fingerprint density at radius 1 is 1.32 bits per heavy atom. The number of benzene rings is 1. The van der Waals surface area contributed by atoms with Crippen LogP contribution in [-0.2, 0) is 6.42 Å². The molecule has 1 saturated heterocycles. The van der Waals surface area contributed by atoms with Crippen LogP contribution in [0.15, 0.2) is 30.3 Å². The normalized spacial score (nSPS) is 22.3. The average molecular weight is 260 g/mol. The molecular formula is C17H28N2. The summed E-state index contributed by atoms with van der Waals surface area (Å²) >= 11 is 0. The quantitative estimate of drug-likeness (QED) is 0.851. The lowest BCUT2D eigenvalue weighted by Crippen LogP contribution is -2.43. The standard InChI is InChI=1S/C17H28N2/c1-2-15-9-6-12-19(13-15)14-17(18)11-10-16-7-4-3-5-8-16/h3-5,7-8,15,17H,2,6,9-14,18H2,1H3. The van der Waals surface area contributed by atoms with Gasteiger partial charge >= 0.3 is 0 Å². The van der Waals surface area contributed by atoms with E-state index in [1.807, 2.05) is 0 Å². The summed E-state index contributed by atoms with van der Waals surface area (Å²) in [6, 6.07) is 11.0. The highest BCUT2D eigenvalue weighted by Crippen LogP contribution is 2.19. The second-order valence-electron chi connectivity index (χ2n) is 5.96. The summed E-state index contributed by atoms with van der Waals surface area (Å²) in [6.07, 6.45) is 6.27. The largest absolute Gasteiger partial charge is 0.327 e.